The lowest BCUT2D eigenvalue weighted by Gasteiger charge is -2.46. The van der Waals surface area contributed by atoms with E-state index in [4.69, 9.17) is 0 Å². The predicted octanol–water partition coefficient (Wildman–Crippen LogP) is 13.7. The van der Waals surface area contributed by atoms with Crippen LogP contribution in [0.4, 0.5) is 105 Å². The zero-order chi connectivity index (χ0) is 53.8. The maximum absolute atomic E-state index is 14.2. The SMILES string of the molecule is C[S+](C)CC(=O)c1ccccc1Br.FC(F)(F)c1cc([B-](c2cc(C(F)(F)F)cc(C(F)(F)F)c2)(c2cc(C(F)(F)F)cc(C(F)(F)F)c2)c2cc(C(F)(F)F)cc(C(F)(F)F)c2)cc(C(F)(F)F)c1. The number of rotatable bonds is 7. The minimum atomic E-state index is -6.13. The molecule has 0 aromatic heterocycles. The van der Waals surface area contributed by atoms with Crippen molar-refractivity contribution >= 4 is 60.6 Å². The molecule has 70 heavy (non-hydrogen) atoms. The molecular weight excluding hydrogens is 1100 g/mol. The monoisotopic (exact) mass is 1120 g/mol. The van der Waals surface area contributed by atoms with Gasteiger partial charge in [-0.3, -0.25) is 4.79 Å². The van der Waals surface area contributed by atoms with E-state index in [1.165, 1.54) is 0 Å². The van der Waals surface area contributed by atoms with E-state index in [0.717, 1.165) is 10.0 Å². The largest absolute Gasteiger partial charge is 0.416 e. The van der Waals surface area contributed by atoms with Gasteiger partial charge in [0, 0.05) is 10.0 Å². The fourth-order valence-corrected chi connectivity index (χ4v) is 8.28. The summed E-state index contributed by atoms with van der Waals surface area (Å²) in [6.07, 6.45) is -50.6. The van der Waals surface area contributed by atoms with Crippen LogP contribution in [0.15, 0.2) is 102 Å². The van der Waals surface area contributed by atoms with Crippen molar-refractivity contribution in [2.24, 2.45) is 0 Å². The van der Waals surface area contributed by atoms with Crippen molar-refractivity contribution in [3.8, 4) is 0 Å². The van der Waals surface area contributed by atoms with Crippen LogP contribution < -0.4 is 21.9 Å². The summed E-state index contributed by atoms with van der Waals surface area (Å²) in [6.45, 7) is 0. The third-order valence-electron chi connectivity index (χ3n) is 10.0. The predicted molar refractivity (Wildman–Crippen MR) is 213 cm³/mol. The van der Waals surface area contributed by atoms with Gasteiger partial charge < -0.3 is 0 Å². The lowest BCUT2D eigenvalue weighted by molar-refractivity contribution is -0.144. The molecule has 5 aromatic rings. The topological polar surface area (TPSA) is 17.1 Å². The Labute approximate surface area is 389 Å². The molecule has 0 saturated heterocycles. The molecule has 1 nitrogen and oxygen atoms in total. The number of ketones is 1. The first kappa shape index (κ1) is 57.6. The highest BCUT2D eigenvalue weighted by Gasteiger charge is 2.47. The molecule has 0 N–H and O–H groups in total. The Balaban J connectivity index is 0.000000707. The van der Waals surface area contributed by atoms with Gasteiger partial charge in [0.15, 0.2) is 5.75 Å². The number of benzene rings is 5. The molecule has 0 unspecified atom stereocenters. The van der Waals surface area contributed by atoms with E-state index in [-0.39, 0.29) is 16.7 Å². The molecule has 0 atom stereocenters. The van der Waals surface area contributed by atoms with Crippen molar-refractivity contribution in [1.29, 1.82) is 0 Å². The first-order chi connectivity index (χ1) is 31.4. The standard InChI is InChI=1S/C32H12BF24.C10H12BrOS/c34-25(35,36)13-1-14(26(37,38)39)6-21(5-13)33(22-7-15(27(40,41)42)2-16(8-22)28(43,44)45,23-9-17(29(46,47)48)3-18(10-23)30(49,50)51)24-11-19(31(52,53)54)4-20(12-24)32(55,56)57;1-13(2)7-10(12)8-5-3-4-6-9(8)11/h1-12H;3-6H,7H2,1-2H3/q-1;+1. The second-order valence-corrected chi connectivity index (χ2v) is 18.4. The Hall–Kier alpha value is -5.02. The number of hydrogen-bond donors (Lipinski definition) is 0. The number of carbonyl (C=O) groups excluding carboxylic acids is 1. The summed E-state index contributed by atoms with van der Waals surface area (Å²) in [7, 11) is 0.175. The highest BCUT2D eigenvalue weighted by Crippen LogP contribution is 2.41. The molecule has 5 rings (SSSR count). The molecule has 0 heterocycles. The van der Waals surface area contributed by atoms with Crippen molar-refractivity contribution < 1.29 is 110 Å². The van der Waals surface area contributed by atoms with Crippen LogP contribution in [0.5, 0.6) is 0 Å². The smallest absolute Gasteiger partial charge is 0.289 e. The third-order valence-corrected chi connectivity index (χ3v) is 11.6. The van der Waals surface area contributed by atoms with Crippen LogP contribution in [0, 0.1) is 0 Å². The number of carbonyl (C=O) groups is 1. The average molecular weight is 1120 g/mol. The van der Waals surface area contributed by atoms with Crippen LogP contribution in [0.2, 0.25) is 0 Å². The maximum atomic E-state index is 14.2. The molecule has 0 spiro atoms. The summed E-state index contributed by atoms with van der Waals surface area (Å²) < 4.78 is 342. The molecular formula is C42H24BBrF24OS. The van der Waals surface area contributed by atoms with Gasteiger partial charge >= 0.3 is 49.4 Å². The molecule has 0 radical (unpaired) electrons. The molecule has 5 aromatic carbocycles. The van der Waals surface area contributed by atoms with Gasteiger partial charge in [0.1, 0.15) is 6.15 Å². The fraction of sp³-hybridized carbons (Fsp3) is 0.262. The Morgan fingerprint density at radius 3 is 0.757 bits per heavy atom. The summed E-state index contributed by atoms with van der Waals surface area (Å²) in [4.78, 5) is 11.7. The molecule has 0 aliphatic carbocycles. The summed E-state index contributed by atoms with van der Waals surface area (Å²) in [5, 5.41) is 0. The molecule has 0 aliphatic rings. The van der Waals surface area contributed by atoms with Crippen LogP contribution in [0.3, 0.4) is 0 Å². The maximum Gasteiger partial charge on any atom is 0.416 e. The molecule has 0 fully saturated rings. The fourth-order valence-electron chi connectivity index (χ4n) is 7.10. The quantitative estimate of drug-likeness (QED) is 0.0687. The zero-order valence-electron chi connectivity index (χ0n) is 34.3. The van der Waals surface area contributed by atoms with Crippen LogP contribution in [0.1, 0.15) is 54.9 Å². The van der Waals surface area contributed by atoms with Gasteiger partial charge in [-0.25, -0.2) is 0 Å². The highest BCUT2D eigenvalue weighted by atomic mass is 79.9. The lowest BCUT2D eigenvalue weighted by Crippen LogP contribution is -2.75. The van der Waals surface area contributed by atoms with Gasteiger partial charge in [0.25, 0.3) is 0 Å². The normalized spacial score (nSPS) is 13.6. The summed E-state index contributed by atoms with van der Waals surface area (Å²) in [5.74, 6) is 0.864. The van der Waals surface area contributed by atoms with Crippen LogP contribution >= 0.6 is 15.9 Å². The van der Waals surface area contributed by atoms with E-state index in [2.05, 4.69) is 28.4 Å². The van der Waals surface area contributed by atoms with Crippen LogP contribution in [0.25, 0.3) is 0 Å². The first-order valence-corrected chi connectivity index (χ1v) is 21.6. The third kappa shape index (κ3) is 13.5. The van der Waals surface area contributed by atoms with Gasteiger partial charge in [-0.15, -0.1) is 0 Å². The molecule has 28 heteroatoms. The summed E-state index contributed by atoms with van der Waals surface area (Å²) in [5.41, 5.74) is -29.4. The van der Waals surface area contributed by atoms with Crippen molar-refractivity contribution in [2.45, 2.75) is 49.4 Å². The van der Waals surface area contributed by atoms with Gasteiger partial charge in [0.05, 0.1) is 57.0 Å². The second-order valence-electron chi connectivity index (χ2n) is 15.3. The van der Waals surface area contributed by atoms with Crippen molar-refractivity contribution in [3.63, 3.8) is 0 Å². The Bertz CT molecular complexity index is 2270. The van der Waals surface area contributed by atoms with E-state index < -0.39 is 195 Å². The molecule has 0 saturated carbocycles. The molecule has 0 amide bonds. The van der Waals surface area contributed by atoms with Crippen molar-refractivity contribution in [2.75, 3.05) is 18.3 Å². The number of alkyl halides is 24. The molecule has 0 bridgehead atoms. The minimum absolute atomic E-state index is 0.175. The Morgan fingerprint density at radius 2 is 0.586 bits per heavy atom. The molecule has 382 valence electrons. The second kappa shape index (κ2) is 19.5. The van der Waals surface area contributed by atoms with Crippen molar-refractivity contribution in [3.05, 3.63) is 152 Å². The minimum Gasteiger partial charge on any atom is -0.289 e. The number of Topliss-reactive ketones (excluding diaryl/α,β-unsaturated/α-hetero) is 1. The van der Waals surface area contributed by atoms with E-state index in [9.17, 15) is 110 Å². The van der Waals surface area contributed by atoms with E-state index in [1.807, 2.05) is 24.3 Å². The van der Waals surface area contributed by atoms with Crippen LogP contribution in [-0.2, 0) is 60.3 Å². The van der Waals surface area contributed by atoms with Gasteiger partial charge in [-0.05, 0) is 41.2 Å². The summed E-state index contributed by atoms with van der Waals surface area (Å²) in [6, 6.07) is -1.24. The van der Waals surface area contributed by atoms with E-state index >= 15 is 0 Å². The van der Waals surface area contributed by atoms with Crippen molar-refractivity contribution in [1.82, 2.24) is 0 Å². The Kier molecular flexibility index (Phi) is 16.1. The van der Waals surface area contributed by atoms with Gasteiger partial charge in [0.2, 0.25) is 5.78 Å². The zero-order valence-corrected chi connectivity index (χ0v) is 36.7. The lowest BCUT2D eigenvalue weighted by atomic mass is 9.12. The van der Waals surface area contributed by atoms with Gasteiger partial charge in [-0.2, -0.15) is 127 Å². The highest BCUT2D eigenvalue weighted by molar-refractivity contribution is 9.10. The average Bonchev–Trinajstić information content (AvgIpc) is 3.18. The van der Waals surface area contributed by atoms with Gasteiger partial charge in [-0.1, -0.05) is 82.7 Å². The van der Waals surface area contributed by atoms with Crippen LogP contribution in [-0.4, -0.2) is 30.2 Å². The molecule has 0 aliphatic heterocycles. The first-order valence-electron chi connectivity index (χ1n) is 18.5. The van der Waals surface area contributed by atoms with E-state index in [1.54, 1.807) is 0 Å². The number of hydrogen-bond acceptors (Lipinski definition) is 1. The Morgan fingerprint density at radius 1 is 0.386 bits per heavy atom. The summed E-state index contributed by atoms with van der Waals surface area (Å²) >= 11 is 3.37. The number of halogens is 25. The van der Waals surface area contributed by atoms with E-state index in [0.29, 0.717) is 5.75 Å².